The number of hydrogen-bond donors (Lipinski definition) is 2. The minimum Gasteiger partial charge on any atom is -0.394 e. The molecule has 0 radical (unpaired) electrons. The van der Waals surface area contributed by atoms with Gasteiger partial charge in [0.1, 0.15) is 0 Å². The molecule has 0 aromatic rings. The summed E-state index contributed by atoms with van der Waals surface area (Å²) in [4.78, 5) is 8.25. The summed E-state index contributed by atoms with van der Waals surface area (Å²) in [7, 11) is 0. The molecular weight excluding hydrogens is 130 g/mol. The van der Waals surface area contributed by atoms with Crippen molar-refractivity contribution in [1.29, 1.82) is 0 Å². The van der Waals surface area contributed by atoms with Crippen LogP contribution < -0.4 is 0 Å². The molecule has 0 amide bonds. The van der Waals surface area contributed by atoms with Gasteiger partial charge in [0.25, 0.3) is 0 Å². The number of aliphatic hydroxyl groups excluding tert-OH is 2. The van der Waals surface area contributed by atoms with Gasteiger partial charge in [0.2, 0.25) is 0 Å². The van der Waals surface area contributed by atoms with Crippen molar-refractivity contribution in [3.05, 3.63) is 15.3 Å². The monoisotopic (exact) mass is 138 g/mol. The minimum absolute atomic E-state index is 0.139. The zero-order chi connectivity index (χ0) is 7.86. The van der Waals surface area contributed by atoms with Crippen molar-refractivity contribution in [2.75, 3.05) is 6.61 Å². The van der Waals surface area contributed by atoms with Crippen LogP contribution in [0.1, 0.15) is 6.92 Å². The van der Waals surface area contributed by atoms with Crippen molar-refractivity contribution >= 4 is 0 Å². The molecule has 0 saturated heterocycles. The molecule has 0 aliphatic heterocycles. The first-order chi connectivity index (χ1) is 4.00. The Balaban J connectivity index is 0. The Hall–Kier alpha value is -0.880. The molecule has 2 N–H and O–H groups in total. The van der Waals surface area contributed by atoms with Gasteiger partial charge in [0.15, 0.2) is 0 Å². The SMILES string of the molecule is CC(O)CO.O=[N+]([O-])[O-]. The number of aliphatic hydroxyl groups is 2. The van der Waals surface area contributed by atoms with E-state index in [9.17, 15) is 0 Å². The first-order valence-electron chi connectivity index (χ1n) is 2.11. The Labute approximate surface area is 51.5 Å². The molecule has 9 heavy (non-hydrogen) atoms. The molecule has 56 valence electrons. The lowest BCUT2D eigenvalue weighted by Crippen LogP contribution is -2.03. The lowest BCUT2D eigenvalue weighted by molar-refractivity contribution is -0.402. The topological polar surface area (TPSA) is 107 Å². The van der Waals surface area contributed by atoms with Crippen LogP contribution in [-0.4, -0.2) is 28.0 Å². The van der Waals surface area contributed by atoms with Crippen LogP contribution in [0.2, 0.25) is 0 Å². The van der Waals surface area contributed by atoms with Crippen LogP contribution in [0.3, 0.4) is 0 Å². The smallest absolute Gasteiger partial charge is 0.0742 e. The highest BCUT2D eigenvalue weighted by Gasteiger charge is 1.83. The van der Waals surface area contributed by atoms with Crippen LogP contribution in [0, 0.1) is 15.3 Å². The van der Waals surface area contributed by atoms with Gasteiger partial charge in [-0.1, -0.05) is 0 Å². The summed E-state index contributed by atoms with van der Waals surface area (Å²) < 4.78 is 0. The highest BCUT2D eigenvalue weighted by molar-refractivity contribution is 4.34. The fourth-order valence-electron chi connectivity index (χ4n) is 0. The second-order valence-corrected chi connectivity index (χ2v) is 1.26. The van der Waals surface area contributed by atoms with Crippen molar-refractivity contribution in [2.24, 2.45) is 0 Å². The Morgan fingerprint density at radius 1 is 1.67 bits per heavy atom. The molecule has 0 aromatic carbocycles. The van der Waals surface area contributed by atoms with E-state index in [0.717, 1.165) is 0 Å². The molecule has 0 spiro atoms. The molecule has 0 rings (SSSR count). The molecular formula is C3H8NO5-. The summed E-state index contributed by atoms with van der Waals surface area (Å²) >= 11 is 0. The average molecular weight is 138 g/mol. The standard InChI is InChI=1S/C3H8O2.NO3/c1-3(5)2-4;2-1(3)4/h3-5H,2H2,1H3;/q;-1. The summed E-state index contributed by atoms with van der Waals surface area (Å²) in [5.74, 6) is 0. The van der Waals surface area contributed by atoms with Crippen molar-refractivity contribution in [1.82, 2.24) is 0 Å². The Morgan fingerprint density at radius 3 is 1.78 bits per heavy atom. The van der Waals surface area contributed by atoms with E-state index in [1.807, 2.05) is 0 Å². The van der Waals surface area contributed by atoms with Crippen molar-refractivity contribution < 1.29 is 15.3 Å². The van der Waals surface area contributed by atoms with E-state index >= 15 is 0 Å². The molecule has 6 nitrogen and oxygen atoms in total. The zero-order valence-electron chi connectivity index (χ0n) is 4.85. The predicted octanol–water partition coefficient (Wildman–Crippen LogP) is -0.880. The van der Waals surface area contributed by atoms with Crippen molar-refractivity contribution in [3.8, 4) is 0 Å². The fourth-order valence-corrected chi connectivity index (χ4v) is 0. The van der Waals surface area contributed by atoms with Crippen LogP contribution in [0.25, 0.3) is 0 Å². The molecule has 0 aromatic heterocycles. The summed E-state index contributed by atoms with van der Waals surface area (Å²) in [5, 5.41) is 30.8. The Bertz CT molecular complexity index is 68.6. The number of nitrogens with zero attached hydrogens (tertiary/aromatic N) is 1. The lowest BCUT2D eigenvalue weighted by atomic mass is 10.5. The molecule has 1 unspecified atom stereocenters. The van der Waals surface area contributed by atoms with Gasteiger partial charge >= 0.3 is 0 Å². The first-order valence-corrected chi connectivity index (χ1v) is 2.11. The molecule has 0 heterocycles. The molecule has 0 fully saturated rings. The zero-order valence-corrected chi connectivity index (χ0v) is 4.85. The van der Waals surface area contributed by atoms with Gasteiger partial charge in [-0.25, -0.2) is 0 Å². The molecule has 0 saturated carbocycles. The largest absolute Gasteiger partial charge is 0.394 e. The predicted molar refractivity (Wildman–Crippen MR) is 29.1 cm³/mol. The number of hydrogen-bond acceptors (Lipinski definition) is 5. The van der Waals surface area contributed by atoms with Gasteiger partial charge in [0.05, 0.1) is 17.8 Å². The Morgan fingerprint density at radius 2 is 1.78 bits per heavy atom. The third-order valence-corrected chi connectivity index (χ3v) is 0.264. The van der Waals surface area contributed by atoms with E-state index in [1.54, 1.807) is 0 Å². The Kier molecular flexibility index (Phi) is 8.69. The van der Waals surface area contributed by atoms with E-state index in [-0.39, 0.29) is 6.61 Å². The maximum atomic E-state index is 8.25. The minimum atomic E-state index is -1.75. The van der Waals surface area contributed by atoms with Crippen LogP contribution in [0.5, 0.6) is 0 Å². The van der Waals surface area contributed by atoms with E-state index < -0.39 is 11.2 Å². The van der Waals surface area contributed by atoms with E-state index in [2.05, 4.69) is 0 Å². The maximum absolute atomic E-state index is 8.25. The molecule has 6 heteroatoms. The van der Waals surface area contributed by atoms with Crippen LogP contribution >= 0.6 is 0 Å². The highest BCUT2D eigenvalue weighted by Crippen LogP contribution is 1.68. The molecule has 1 atom stereocenters. The van der Waals surface area contributed by atoms with Gasteiger partial charge < -0.3 is 25.5 Å². The summed E-state index contributed by atoms with van der Waals surface area (Å²) in [6.07, 6.45) is -0.560. The van der Waals surface area contributed by atoms with Crippen LogP contribution in [0.4, 0.5) is 0 Å². The highest BCUT2D eigenvalue weighted by atomic mass is 16.9. The van der Waals surface area contributed by atoms with Gasteiger partial charge in [-0.2, -0.15) is 0 Å². The third-order valence-electron chi connectivity index (χ3n) is 0.264. The van der Waals surface area contributed by atoms with Gasteiger partial charge in [-0.05, 0) is 6.92 Å². The van der Waals surface area contributed by atoms with E-state index in [4.69, 9.17) is 25.5 Å². The van der Waals surface area contributed by atoms with Gasteiger partial charge in [-0.3, -0.25) is 0 Å². The molecule has 0 bridgehead atoms. The lowest BCUT2D eigenvalue weighted by Gasteiger charge is -1.90. The van der Waals surface area contributed by atoms with E-state index in [1.165, 1.54) is 6.92 Å². The quantitative estimate of drug-likeness (QED) is 0.361. The van der Waals surface area contributed by atoms with Gasteiger partial charge in [0, 0.05) is 0 Å². The first kappa shape index (κ1) is 11.0. The average Bonchev–Trinajstić information content (AvgIpc) is 1.65. The van der Waals surface area contributed by atoms with Crippen LogP contribution in [0.15, 0.2) is 0 Å². The normalized spacial score (nSPS) is 11.0. The maximum Gasteiger partial charge on any atom is 0.0742 e. The summed E-state index contributed by atoms with van der Waals surface area (Å²) in [5.41, 5.74) is 0. The van der Waals surface area contributed by atoms with Crippen LogP contribution in [-0.2, 0) is 0 Å². The van der Waals surface area contributed by atoms with Crippen molar-refractivity contribution in [2.45, 2.75) is 13.0 Å². The fraction of sp³-hybridized carbons (Fsp3) is 1.00. The van der Waals surface area contributed by atoms with Gasteiger partial charge in [-0.15, -0.1) is 0 Å². The summed E-state index contributed by atoms with van der Waals surface area (Å²) in [6.45, 7) is 1.39. The second kappa shape index (κ2) is 7.12. The summed E-state index contributed by atoms with van der Waals surface area (Å²) in [6, 6.07) is 0. The molecule has 0 aliphatic rings. The van der Waals surface area contributed by atoms with E-state index in [0.29, 0.717) is 0 Å². The number of rotatable bonds is 1. The third kappa shape index (κ3) is 149. The molecule has 0 aliphatic carbocycles. The van der Waals surface area contributed by atoms with Crippen molar-refractivity contribution in [3.63, 3.8) is 0 Å². The second-order valence-electron chi connectivity index (χ2n) is 1.26.